The van der Waals surface area contributed by atoms with Crippen molar-refractivity contribution in [2.75, 3.05) is 44.4 Å². The maximum Gasteiger partial charge on any atom is 0.225 e. The van der Waals surface area contributed by atoms with Crippen molar-refractivity contribution in [3.63, 3.8) is 0 Å². The van der Waals surface area contributed by atoms with Crippen LogP contribution < -0.4 is 10.6 Å². The van der Waals surface area contributed by atoms with E-state index >= 15 is 0 Å². The van der Waals surface area contributed by atoms with Crippen LogP contribution in [0.15, 0.2) is 60.9 Å². The minimum atomic E-state index is 0.641. The predicted molar refractivity (Wildman–Crippen MR) is 116 cm³/mol. The fourth-order valence-corrected chi connectivity index (χ4v) is 2.85. The van der Waals surface area contributed by atoms with Crippen molar-refractivity contribution >= 4 is 11.8 Å². The molecular formula is C22H28N6. The Hall–Kier alpha value is -2.99. The summed E-state index contributed by atoms with van der Waals surface area (Å²) in [4.78, 5) is 15.7. The van der Waals surface area contributed by atoms with Gasteiger partial charge in [0.1, 0.15) is 5.82 Å². The molecule has 0 aliphatic rings. The third-order valence-corrected chi connectivity index (χ3v) is 4.31. The summed E-state index contributed by atoms with van der Waals surface area (Å²) in [5.74, 6) is 1.46. The summed E-state index contributed by atoms with van der Waals surface area (Å²) in [7, 11) is 4.16. The van der Waals surface area contributed by atoms with Gasteiger partial charge in [-0.1, -0.05) is 30.3 Å². The van der Waals surface area contributed by atoms with Gasteiger partial charge in [0.2, 0.25) is 5.95 Å². The first kappa shape index (κ1) is 19.8. The lowest BCUT2D eigenvalue weighted by molar-refractivity contribution is 0.405. The SMILES string of the molecule is CN(C)CCCNc1nc(NCCc2ccccc2)cc(-c2cccnc2)n1. The Morgan fingerprint density at radius 1 is 0.929 bits per heavy atom. The van der Waals surface area contributed by atoms with Gasteiger partial charge in [0, 0.05) is 37.1 Å². The third kappa shape index (κ3) is 6.32. The molecule has 6 heteroatoms. The standard InChI is InChI=1S/C22H28N6/c1-28(2)15-7-13-25-22-26-20(19-10-6-12-23-17-19)16-21(27-22)24-14-11-18-8-4-3-5-9-18/h3-6,8-10,12,16-17H,7,11,13-15H2,1-2H3,(H2,24,25,26,27). The Labute approximate surface area is 167 Å². The van der Waals surface area contributed by atoms with Crippen molar-refractivity contribution < 1.29 is 0 Å². The lowest BCUT2D eigenvalue weighted by Gasteiger charge is -2.13. The molecule has 146 valence electrons. The fourth-order valence-electron chi connectivity index (χ4n) is 2.85. The number of rotatable bonds is 10. The van der Waals surface area contributed by atoms with E-state index < -0.39 is 0 Å². The summed E-state index contributed by atoms with van der Waals surface area (Å²) in [6.07, 6.45) is 5.57. The Balaban J connectivity index is 1.69. The minimum Gasteiger partial charge on any atom is -0.370 e. The van der Waals surface area contributed by atoms with E-state index in [0.717, 1.165) is 49.6 Å². The zero-order valence-electron chi connectivity index (χ0n) is 16.6. The number of anilines is 2. The van der Waals surface area contributed by atoms with E-state index in [-0.39, 0.29) is 0 Å². The van der Waals surface area contributed by atoms with Crippen LogP contribution in [0, 0.1) is 0 Å². The van der Waals surface area contributed by atoms with Crippen molar-refractivity contribution in [3.8, 4) is 11.3 Å². The highest BCUT2D eigenvalue weighted by Crippen LogP contribution is 2.20. The van der Waals surface area contributed by atoms with Crippen molar-refractivity contribution in [3.05, 3.63) is 66.5 Å². The largest absolute Gasteiger partial charge is 0.370 e. The molecule has 2 aromatic heterocycles. The molecule has 0 saturated heterocycles. The molecule has 6 nitrogen and oxygen atoms in total. The quantitative estimate of drug-likeness (QED) is 0.528. The van der Waals surface area contributed by atoms with Gasteiger partial charge in [-0.2, -0.15) is 4.98 Å². The van der Waals surface area contributed by atoms with Crippen LogP contribution in [0.3, 0.4) is 0 Å². The average Bonchev–Trinajstić information content (AvgIpc) is 2.72. The minimum absolute atomic E-state index is 0.641. The summed E-state index contributed by atoms with van der Waals surface area (Å²) in [6, 6.07) is 16.4. The number of pyridine rings is 1. The molecule has 0 bridgehead atoms. The van der Waals surface area contributed by atoms with Crippen molar-refractivity contribution in [2.45, 2.75) is 12.8 Å². The normalized spacial score (nSPS) is 10.8. The number of nitrogens with one attached hydrogen (secondary N) is 2. The molecule has 0 spiro atoms. The molecule has 0 atom stereocenters. The van der Waals surface area contributed by atoms with Crippen molar-refractivity contribution in [2.24, 2.45) is 0 Å². The van der Waals surface area contributed by atoms with E-state index in [2.05, 4.69) is 68.8 Å². The van der Waals surface area contributed by atoms with Crippen LogP contribution in [0.2, 0.25) is 0 Å². The van der Waals surface area contributed by atoms with Crippen LogP contribution in [0.25, 0.3) is 11.3 Å². The second-order valence-corrected chi connectivity index (χ2v) is 6.95. The zero-order chi connectivity index (χ0) is 19.6. The molecule has 3 aromatic rings. The molecule has 0 saturated carbocycles. The van der Waals surface area contributed by atoms with E-state index in [0.29, 0.717) is 5.95 Å². The molecule has 3 rings (SSSR count). The molecule has 28 heavy (non-hydrogen) atoms. The topological polar surface area (TPSA) is 66.0 Å². The summed E-state index contributed by atoms with van der Waals surface area (Å²) >= 11 is 0. The lowest BCUT2D eigenvalue weighted by Crippen LogP contribution is -2.17. The number of nitrogens with zero attached hydrogens (tertiary/aromatic N) is 4. The van der Waals surface area contributed by atoms with Crippen LogP contribution >= 0.6 is 0 Å². The van der Waals surface area contributed by atoms with Crippen LogP contribution in [-0.4, -0.2) is 53.6 Å². The number of hydrogen-bond acceptors (Lipinski definition) is 6. The number of benzene rings is 1. The summed E-state index contributed by atoms with van der Waals surface area (Å²) < 4.78 is 0. The fraction of sp³-hybridized carbons (Fsp3) is 0.318. The summed E-state index contributed by atoms with van der Waals surface area (Å²) in [5, 5.41) is 6.78. The highest BCUT2D eigenvalue weighted by molar-refractivity contribution is 5.63. The van der Waals surface area contributed by atoms with Gasteiger partial charge in [-0.15, -0.1) is 0 Å². The van der Waals surface area contributed by atoms with E-state index in [9.17, 15) is 0 Å². The smallest absolute Gasteiger partial charge is 0.225 e. The predicted octanol–water partition coefficient (Wildman–Crippen LogP) is 3.56. The van der Waals surface area contributed by atoms with E-state index in [1.165, 1.54) is 5.56 Å². The lowest BCUT2D eigenvalue weighted by atomic mass is 10.1. The van der Waals surface area contributed by atoms with E-state index in [4.69, 9.17) is 0 Å². The molecule has 0 fully saturated rings. The number of aromatic nitrogens is 3. The van der Waals surface area contributed by atoms with E-state index in [1.807, 2.05) is 30.5 Å². The first-order valence-corrected chi connectivity index (χ1v) is 9.66. The Kier molecular flexibility index (Phi) is 7.32. The maximum absolute atomic E-state index is 4.67. The van der Waals surface area contributed by atoms with Gasteiger partial charge in [0.15, 0.2) is 0 Å². The van der Waals surface area contributed by atoms with Gasteiger partial charge >= 0.3 is 0 Å². The summed E-state index contributed by atoms with van der Waals surface area (Å²) in [5.41, 5.74) is 3.14. The molecule has 1 aromatic carbocycles. The molecule has 0 aliphatic carbocycles. The molecular weight excluding hydrogens is 348 g/mol. The highest BCUT2D eigenvalue weighted by atomic mass is 15.1. The molecule has 0 radical (unpaired) electrons. The van der Waals surface area contributed by atoms with Crippen LogP contribution in [0.4, 0.5) is 11.8 Å². The highest BCUT2D eigenvalue weighted by Gasteiger charge is 2.07. The van der Waals surface area contributed by atoms with E-state index in [1.54, 1.807) is 6.20 Å². The second kappa shape index (κ2) is 10.4. The van der Waals surface area contributed by atoms with Crippen molar-refractivity contribution in [1.29, 1.82) is 0 Å². The Morgan fingerprint density at radius 2 is 1.79 bits per heavy atom. The average molecular weight is 377 g/mol. The number of hydrogen-bond donors (Lipinski definition) is 2. The molecule has 2 N–H and O–H groups in total. The summed E-state index contributed by atoms with van der Waals surface area (Å²) in [6.45, 7) is 2.67. The van der Waals surface area contributed by atoms with Gasteiger partial charge in [-0.05, 0) is 51.2 Å². The van der Waals surface area contributed by atoms with Gasteiger partial charge in [-0.25, -0.2) is 4.98 Å². The van der Waals surface area contributed by atoms with Crippen LogP contribution in [0.5, 0.6) is 0 Å². The monoisotopic (exact) mass is 376 g/mol. The maximum atomic E-state index is 4.67. The third-order valence-electron chi connectivity index (χ3n) is 4.31. The van der Waals surface area contributed by atoms with Crippen LogP contribution in [-0.2, 0) is 6.42 Å². The van der Waals surface area contributed by atoms with Crippen molar-refractivity contribution in [1.82, 2.24) is 19.9 Å². The molecule has 0 unspecified atom stereocenters. The first-order valence-electron chi connectivity index (χ1n) is 9.66. The Bertz CT molecular complexity index is 836. The van der Waals surface area contributed by atoms with Crippen LogP contribution in [0.1, 0.15) is 12.0 Å². The molecule has 2 heterocycles. The zero-order valence-corrected chi connectivity index (χ0v) is 16.6. The first-order chi connectivity index (χ1) is 13.7. The molecule has 0 aliphatic heterocycles. The van der Waals surface area contributed by atoms with Gasteiger partial charge in [0.25, 0.3) is 0 Å². The second-order valence-electron chi connectivity index (χ2n) is 6.95. The van der Waals surface area contributed by atoms with Gasteiger partial charge in [-0.3, -0.25) is 4.98 Å². The van der Waals surface area contributed by atoms with Gasteiger partial charge < -0.3 is 15.5 Å². The Morgan fingerprint density at radius 3 is 2.54 bits per heavy atom. The molecule has 0 amide bonds. The van der Waals surface area contributed by atoms with Gasteiger partial charge in [0.05, 0.1) is 5.69 Å².